The van der Waals surface area contributed by atoms with Gasteiger partial charge < -0.3 is 5.32 Å². The molecule has 7 heteroatoms. The van der Waals surface area contributed by atoms with Crippen LogP contribution < -0.4 is 5.32 Å². The minimum Gasteiger partial charge on any atom is -0.369 e. The van der Waals surface area contributed by atoms with Gasteiger partial charge in [-0.2, -0.15) is 13.2 Å². The van der Waals surface area contributed by atoms with Gasteiger partial charge in [0, 0.05) is 29.4 Å². The summed E-state index contributed by atoms with van der Waals surface area (Å²) in [5, 5.41) is 3.07. The summed E-state index contributed by atoms with van der Waals surface area (Å²) in [6.07, 6.45) is 3.11. The molecule has 0 aliphatic rings. The van der Waals surface area contributed by atoms with Crippen LogP contribution in [0.3, 0.4) is 0 Å². The van der Waals surface area contributed by atoms with E-state index in [1.54, 1.807) is 24.5 Å². The molecule has 1 N–H and O–H groups in total. The molecule has 0 atom stereocenters. The maximum Gasteiger partial charge on any atom is 0.446 e. The van der Waals surface area contributed by atoms with Crippen molar-refractivity contribution in [2.75, 3.05) is 11.9 Å². The number of benzene rings is 1. The Hall–Kier alpha value is -1.76. The van der Waals surface area contributed by atoms with Gasteiger partial charge in [0.05, 0.1) is 0 Å². The Morgan fingerprint density at radius 1 is 1.10 bits per heavy atom. The van der Waals surface area contributed by atoms with Gasteiger partial charge in [-0.05, 0) is 30.8 Å². The molecule has 1 aromatic heterocycles. The minimum absolute atomic E-state index is 0.133. The van der Waals surface area contributed by atoms with Crippen LogP contribution >= 0.6 is 11.8 Å². The molecular weight excluding hydrogens is 287 g/mol. The Kier molecular flexibility index (Phi) is 4.49. The Morgan fingerprint density at radius 3 is 2.35 bits per heavy atom. The van der Waals surface area contributed by atoms with Gasteiger partial charge in [-0.25, -0.2) is 4.98 Å². The molecule has 0 radical (unpaired) electrons. The molecule has 0 unspecified atom stereocenters. The van der Waals surface area contributed by atoms with Crippen molar-refractivity contribution in [3.05, 3.63) is 36.7 Å². The zero-order chi connectivity index (χ0) is 14.6. The number of nitrogens with zero attached hydrogens (tertiary/aromatic N) is 2. The van der Waals surface area contributed by atoms with Crippen molar-refractivity contribution >= 4 is 17.6 Å². The van der Waals surface area contributed by atoms with E-state index in [0.717, 1.165) is 5.56 Å². The number of rotatable bonds is 4. The van der Waals surface area contributed by atoms with Crippen molar-refractivity contribution in [3.8, 4) is 11.3 Å². The standard InChI is InChI=1S/C13H12F3N3S/c1-2-17-12-11(18-7-8-19-12)9-3-5-10(6-4-9)20-13(14,15)16/h3-8H,2H2,1H3,(H,17,19). The predicted octanol–water partition coefficient (Wildman–Crippen LogP) is 4.19. The van der Waals surface area contributed by atoms with Crippen LogP contribution in [0.5, 0.6) is 0 Å². The molecule has 0 bridgehead atoms. The van der Waals surface area contributed by atoms with E-state index in [1.807, 2.05) is 6.92 Å². The highest BCUT2D eigenvalue weighted by Crippen LogP contribution is 2.37. The van der Waals surface area contributed by atoms with Crippen LogP contribution in [0.1, 0.15) is 6.92 Å². The molecule has 0 aliphatic heterocycles. The number of alkyl halides is 3. The second-order valence-corrected chi connectivity index (χ2v) is 4.99. The molecule has 0 saturated carbocycles. The SMILES string of the molecule is CCNc1nccnc1-c1ccc(SC(F)(F)F)cc1. The Labute approximate surface area is 118 Å². The highest BCUT2D eigenvalue weighted by Gasteiger charge is 2.29. The summed E-state index contributed by atoms with van der Waals surface area (Å²) in [5.74, 6) is 0.617. The van der Waals surface area contributed by atoms with Crippen LogP contribution in [0, 0.1) is 0 Å². The van der Waals surface area contributed by atoms with E-state index in [-0.39, 0.29) is 16.7 Å². The van der Waals surface area contributed by atoms with Crippen LogP contribution in [0.25, 0.3) is 11.3 Å². The maximum atomic E-state index is 12.3. The quantitative estimate of drug-likeness (QED) is 0.859. The first-order chi connectivity index (χ1) is 9.49. The third-order valence-corrected chi connectivity index (χ3v) is 3.14. The third kappa shape index (κ3) is 3.86. The second-order valence-electron chi connectivity index (χ2n) is 3.86. The van der Waals surface area contributed by atoms with Crippen molar-refractivity contribution in [1.82, 2.24) is 9.97 Å². The fourth-order valence-corrected chi connectivity index (χ4v) is 2.20. The number of hydrogen-bond donors (Lipinski definition) is 1. The first-order valence-corrected chi connectivity index (χ1v) is 6.72. The van der Waals surface area contributed by atoms with Gasteiger partial charge in [-0.15, -0.1) is 0 Å². The smallest absolute Gasteiger partial charge is 0.369 e. The lowest BCUT2D eigenvalue weighted by Gasteiger charge is -2.09. The summed E-state index contributed by atoms with van der Waals surface area (Å²) in [4.78, 5) is 8.53. The van der Waals surface area contributed by atoms with E-state index in [1.165, 1.54) is 12.1 Å². The van der Waals surface area contributed by atoms with Gasteiger partial charge in [-0.1, -0.05) is 12.1 Å². The van der Waals surface area contributed by atoms with Crippen LogP contribution in [-0.4, -0.2) is 22.0 Å². The molecular formula is C13H12F3N3S. The average Bonchev–Trinajstić information content (AvgIpc) is 2.39. The topological polar surface area (TPSA) is 37.8 Å². The van der Waals surface area contributed by atoms with Crippen LogP contribution in [-0.2, 0) is 0 Å². The Morgan fingerprint density at radius 2 is 1.75 bits per heavy atom. The van der Waals surface area contributed by atoms with Gasteiger partial charge in [0.2, 0.25) is 0 Å². The van der Waals surface area contributed by atoms with Crippen molar-refractivity contribution in [3.63, 3.8) is 0 Å². The number of thioether (sulfide) groups is 1. The molecule has 3 nitrogen and oxygen atoms in total. The molecule has 106 valence electrons. The van der Waals surface area contributed by atoms with Crippen molar-refractivity contribution in [1.29, 1.82) is 0 Å². The van der Waals surface area contributed by atoms with Crippen molar-refractivity contribution in [2.24, 2.45) is 0 Å². The van der Waals surface area contributed by atoms with Crippen LogP contribution in [0.4, 0.5) is 19.0 Å². The lowest BCUT2D eigenvalue weighted by molar-refractivity contribution is -0.0328. The van der Waals surface area contributed by atoms with Gasteiger partial charge in [0.15, 0.2) is 5.82 Å². The van der Waals surface area contributed by atoms with Gasteiger partial charge in [0.25, 0.3) is 0 Å². The lowest BCUT2D eigenvalue weighted by Crippen LogP contribution is -2.02. The number of anilines is 1. The normalized spacial score (nSPS) is 11.4. The summed E-state index contributed by atoms with van der Waals surface area (Å²) < 4.78 is 36.8. The molecule has 2 aromatic rings. The first kappa shape index (κ1) is 14.6. The molecule has 0 fully saturated rings. The average molecular weight is 299 g/mol. The van der Waals surface area contributed by atoms with E-state index in [4.69, 9.17) is 0 Å². The lowest BCUT2D eigenvalue weighted by atomic mass is 10.1. The fourth-order valence-electron chi connectivity index (χ4n) is 1.66. The zero-order valence-electron chi connectivity index (χ0n) is 10.6. The minimum atomic E-state index is -4.27. The van der Waals surface area contributed by atoms with Gasteiger partial charge >= 0.3 is 5.51 Å². The third-order valence-electron chi connectivity index (χ3n) is 2.40. The largest absolute Gasteiger partial charge is 0.446 e. The van der Waals surface area contributed by atoms with Gasteiger partial charge in [0.1, 0.15) is 5.69 Å². The highest BCUT2D eigenvalue weighted by molar-refractivity contribution is 8.00. The molecule has 1 aromatic carbocycles. The summed E-state index contributed by atoms with van der Waals surface area (Å²) >= 11 is -0.133. The fraction of sp³-hybridized carbons (Fsp3) is 0.231. The maximum absolute atomic E-state index is 12.3. The van der Waals surface area contributed by atoms with Crippen molar-refractivity contribution in [2.45, 2.75) is 17.3 Å². The first-order valence-electron chi connectivity index (χ1n) is 5.90. The van der Waals surface area contributed by atoms with E-state index >= 15 is 0 Å². The molecule has 0 saturated heterocycles. The summed E-state index contributed by atoms with van der Waals surface area (Å²) in [7, 11) is 0. The summed E-state index contributed by atoms with van der Waals surface area (Å²) in [6.45, 7) is 2.62. The Balaban J connectivity index is 2.26. The Bertz CT molecular complexity index is 570. The number of hydrogen-bond acceptors (Lipinski definition) is 4. The highest BCUT2D eigenvalue weighted by atomic mass is 32.2. The summed E-state index contributed by atoms with van der Waals surface area (Å²) in [6, 6.07) is 6.08. The van der Waals surface area contributed by atoms with Crippen LogP contribution in [0.15, 0.2) is 41.6 Å². The second kappa shape index (κ2) is 6.13. The molecule has 0 amide bonds. The van der Waals surface area contributed by atoms with E-state index in [0.29, 0.717) is 18.1 Å². The summed E-state index contributed by atoms with van der Waals surface area (Å²) in [5.41, 5.74) is -2.93. The van der Waals surface area contributed by atoms with E-state index in [2.05, 4.69) is 15.3 Å². The van der Waals surface area contributed by atoms with Crippen molar-refractivity contribution < 1.29 is 13.2 Å². The van der Waals surface area contributed by atoms with E-state index in [9.17, 15) is 13.2 Å². The zero-order valence-corrected chi connectivity index (χ0v) is 11.4. The van der Waals surface area contributed by atoms with E-state index < -0.39 is 5.51 Å². The molecule has 20 heavy (non-hydrogen) atoms. The number of aromatic nitrogens is 2. The van der Waals surface area contributed by atoms with Gasteiger partial charge in [-0.3, -0.25) is 4.98 Å². The number of halogens is 3. The number of nitrogens with one attached hydrogen (secondary N) is 1. The monoisotopic (exact) mass is 299 g/mol. The molecule has 1 heterocycles. The molecule has 0 aliphatic carbocycles. The van der Waals surface area contributed by atoms with Crippen LogP contribution in [0.2, 0.25) is 0 Å². The predicted molar refractivity (Wildman–Crippen MR) is 73.5 cm³/mol. The molecule has 0 spiro atoms. The molecule has 2 rings (SSSR count).